The lowest BCUT2D eigenvalue weighted by Crippen LogP contribution is -2.45. The van der Waals surface area contributed by atoms with Gasteiger partial charge in [-0.1, -0.05) is 25.5 Å². The molecule has 0 saturated carbocycles. The third-order valence-corrected chi connectivity index (χ3v) is 4.74. The predicted octanol–water partition coefficient (Wildman–Crippen LogP) is 2.63. The Morgan fingerprint density at radius 1 is 1.30 bits per heavy atom. The number of aryl methyl sites for hydroxylation is 1. The third kappa shape index (κ3) is 4.25. The highest BCUT2D eigenvalue weighted by molar-refractivity contribution is 7.99. The first-order chi connectivity index (χ1) is 9.63. The molecule has 0 aromatic heterocycles. The second kappa shape index (κ2) is 7.14. The van der Waals surface area contributed by atoms with Crippen molar-refractivity contribution in [3.8, 4) is 0 Å². The Bertz CT molecular complexity index is 438. The lowest BCUT2D eigenvalue weighted by atomic mass is 9.96. The van der Waals surface area contributed by atoms with Gasteiger partial charge < -0.3 is 10.4 Å². The zero-order valence-electron chi connectivity index (χ0n) is 12.0. The molecule has 0 atom stereocenters. The Morgan fingerprint density at radius 2 is 1.95 bits per heavy atom. The summed E-state index contributed by atoms with van der Waals surface area (Å²) in [6, 6.07) is 7.73. The number of rotatable bonds is 5. The molecule has 1 heterocycles. The maximum atomic E-state index is 12.1. The molecule has 1 aromatic rings. The highest BCUT2D eigenvalue weighted by Gasteiger charge is 2.29. The van der Waals surface area contributed by atoms with Crippen LogP contribution in [0.4, 0.5) is 0 Å². The van der Waals surface area contributed by atoms with E-state index in [2.05, 4.69) is 12.2 Å². The smallest absolute Gasteiger partial charge is 0.251 e. The molecule has 1 fully saturated rings. The molecule has 0 spiro atoms. The summed E-state index contributed by atoms with van der Waals surface area (Å²) in [5.74, 6) is 1.84. The highest BCUT2D eigenvalue weighted by atomic mass is 32.2. The van der Waals surface area contributed by atoms with Crippen molar-refractivity contribution in [2.75, 3.05) is 18.1 Å². The number of thioether (sulfide) groups is 1. The lowest BCUT2D eigenvalue weighted by Gasteiger charge is -2.31. The largest absolute Gasteiger partial charge is 0.388 e. The zero-order chi connectivity index (χ0) is 14.4. The first-order valence-electron chi connectivity index (χ1n) is 7.30. The molecule has 1 aliphatic heterocycles. The molecule has 0 radical (unpaired) electrons. The van der Waals surface area contributed by atoms with E-state index in [9.17, 15) is 9.90 Å². The minimum absolute atomic E-state index is 0.0975. The van der Waals surface area contributed by atoms with Gasteiger partial charge >= 0.3 is 0 Å². The van der Waals surface area contributed by atoms with Crippen molar-refractivity contribution in [1.29, 1.82) is 0 Å². The minimum atomic E-state index is -0.719. The number of carbonyl (C=O) groups excluding carboxylic acids is 1. The summed E-state index contributed by atoms with van der Waals surface area (Å²) >= 11 is 1.86. The van der Waals surface area contributed by atoms with Crippen LogP contribution in [0.1, 0.15) is 42.1 Å². The van der Waals surface area contributed by atoms with Crippen LogP contribution in [0.3, 0.4) is 0 Å². The van der Waals surface area contributed by atoms with Crippen molar-refractivity contribution in [2.45, 2.75) is 38.2 Å². The Balaban J connectivity index is 1.87. The summed E-state index contributed by atoms with van der Waals surface area (Å²) < 4.78 is 0. The monoisotopic (exact) mass is 293 g/mol. The van der Waals surface area contributed by atoms with E-state index in [1.807, 2.05) is 36.0 Å². The maximum Gasteiger partial charge on any atom is 0.251 e. The van der Waals surface area contributed by atoms with Crippen molar-refractivity contribution >= 4 is 17.7 Å². The summed E-state index contributed by atoms with van der Waals surface area (Å²) in [7, 11) is 0. The molecular formula is C16H23NO2S. The molecule has 110 valence electrons. The summed E-state index contributed by atoms with van der Waals surface area (Å²) in [5.41, 5.74) is 1.20. The average Bonchev–Trinajstić information content (AvgIpc) is 2.47. The van der Waals surface area contributed by atoms with Gasteiger partial charge in [0, 0.05) is 12.1 Å². The van der Waals surface area contributed by atoms with Gasteiger partial charge in [0.25, 0.3) is 5.91 Å². The van der Waals surface area contributed by atoms with E-state index < -0.39 is 5.60 Å². The van der Waals surface area contributed by atoms with Crippen molar-refractivity contribution in [3.05, 3.63) is 35.4 Å². The van der Waals surface area contributed by atoms with E-state index in [0.717, 1.165) is 37.2 Å². The van der Waals surface area contributed by atoms with E-state index in [1.54, 1.807) is 0 Å². The fourth-order valence-electron chi connectivity index (χ4n) is 2.39. The molecule has 3 nitrogen and oxygen atoms in total. The molecule has 0 unspecified atom stereocenters. The van der Waals surface area contributed by atoms with Gasteiger partial charge in [-0.2, -0.15) is 11.8 Å². The molecule has 20 heavy (non-hydrogen) atoms. The third-order valence-electron chi connectivity index (χ3n) is 3.76. The fraction of sp³-hybridized carbons (Fsp3) is 0.562. The van der Waals surface area contributed by atoms with Gasteiger partial charge in [0.1, 0.15) is 0 Å². The Kier molecular flexibility index (Phi) is 5.49. The number of hydrogen-bond donors (Lipinski definition) is 2. The van der Waals surface area contributed by atoms with Gasteiger partial charge in [0.15, 0.2) is 0 Å². The summed E-state index contributed by atoms with van der Waals surface area (Å²) in [4.78, 5) is 12.1. The quantitative estimate of drug-likeness (QED) is 0.877. The Hall–Kier alpha value is -1.00. The zero-order valence-corrected chi connectivity index (χ0v) is 12.8. The first kappa shape index (κ1) is 15.4. The molecule has 2 N–H and O–H groups in total. The number of carbonyl (C=O) groups is 1. The van der Waals surface area contributed by atoms with Crippen molar-refractivity contribution < 1.29 is 9.90 Å². The molecule has 1 aliphatic rings. The number of hydrogen-bond acceptors (Lipinski definition) is 3. The van der Waals surface area contributed by atoms with Crippen LogP contribution >= 0.6 is 11.8 Å². The van der Waals surface area contributed by atoms with Crippen LogP contribution in [0, 0.1) is 0 Å². The number of benzene rings is 1. The SMILES string of the molecule is CCCc1ccc(C(=O)NCC2(O)CCSCC2)cc1. The molecule has 1 aromatic carbocycles. The van der Waals surface area contributed by atoms with Crippen LogP contribution < -0.4 is 5.32 Å². The van der Waals surface area contributed by atoms with Gasteiger partial charge in [0.2, 0.25) is 0 Å². The second-order valence-electron chi connectivity index (χ2n) is 5.47. The molecule has 0 bridgehead atoms. The molecule has 4 heteroatoms. The van der Waals surface area contributed by atoms with Gasteiger partial charge in [-0.05, 0) is 48.5 Å². The number of nitrogens with one attached hydrogen (secondary N) is 1. The second-order valence-corrected chi connectivity index (χ2v) is 6.69. The van der Waals surface area contributed by atoms with Gasteiger partial charge in [-0.3, -0.25) is 4.79 Å². The van der Waals surface area contributed by atoms with Gasteiger partial charge in [-0.25, -0.2) is 0 Å². The minimum Gasteiger partial charge on any atom is -0.388 e. The van der Waals surface area contributed by atoms with E-state index in [1.165, 1.54) is 5.56 Å². The number of aliphatic hydroxyl groups is 1. The van der Waals surface area contributed by atoms with E-state index in [-0.39, 0.29) is 5.91 Å². The van der Waals surface area contributed by atoms with Crippen LogP contribution in [-0.4, -0.2) is 34.7 Å². The fourth-order valence-corrected chi connectivity index (χ4v) is 3.64. The summed E-state index contributed by atoms with van der Waals surface area (Å²) in [6.07, 6.45) is 3.66. The molecule has 2 rings (SSSR count). The standard InChI is InChI=1S/C16H23NO2S/c1-2-3-13-4-6-14(7-5-13)15(18)17-12-16(19)8-10-20-11-9-16/h4-7,19H,2-3,8-12H2,1H3,(H,17,18). The topological polar surface area (TPSA) is 49.3 Å². The van der Waals surface area contributed by atoms with E-state index >= 15 is 0 Å². The Labute approximate surface area is 125 Å². The average molecular weight is 293 g/mol. The molecule has 1 saturated heterocycles. The number of amides is 1. The van der Waals surface area contributed by atoms with Crippen LogP contribution in [0.2, 0.25) is 0 Å². The van der Waals surface area contributed by atoms with E-state index in [4.69, 9.17) is 0 Å². The first-order valence-corrected chi connectivity index (χ1v) is 8.46. The summed E-state index contributed by atoms with van der Waals surface area (Å²) in [6.45, 7) is 2.49. The van der Waals surface area contributed by atoms with Gasteiger partial charge in [-0.15, -0.1) is 0 Å². The van der Waals surface area contributed by atoms with Crippen molar-refractivity contribution in [1.82, 2.24) is 5.32 Å². The lowest BCUT2D eigenvalue weighted by molar-refractivity contribution is 0.0311. The molecule has 1 amide bonds. The van der Waals surface area contributed by atoms with Crippen LogP contribution in [0.25, 0.3) is 0 Å². The van der Waals surface area contributed by atoms with Crippen LogP contribution in [0.15, 0.2) is 24.3 Å². The van der Waals surface area contributed by atoms with Crippen LogP contribution in [0.5, 0.6) is 0 Å². The van der Waals surface area contributed by atoms with Crippen molar-refractivity contribution in [2.24, 2.45) is 0 Å². The van der Waals surface area contributed by atoms with Crippen LogP contribution in [-0.2, 0) is 6.42 Å². The maximum absolute atomic E-state index is 12.1. The highest BCUT2D eigenvalue weighted by Crippen LogP contribution is 2.26. The van der Waals surface area contributed by atoms with Crippen molar-refractivity contribution in [3.63, 3.8) is 0 Å². The molecule has 0 aliphatic carbocycles. The normalized spacial score (nSPS) is 17.7. The van der Waals surface area contributed by atoms with E-state index in [0.29, 0.717) is 12.1 Å². The predicted molar refractivity (Wildman–Crippen MR) is 84.3 cm³/mol. The summed E-state index contributed by atoms with van der Waals surface area (Å²) in [5, 5.41) is 13.2. The Morgan fingerprint density at radius 3 is 2.55 bits per heavy atom. The molecular weight excluding hydrogens is 270 g/mol. The van der Waals surface area contributed by atoms with Gasteiger partial charge in [0.05, 0.1) is 5.60 Å².